The van der Waals surface area contributed by atoms with Crippen molar-refractivity contribution in [3.63, 3.8) is 0 Å². The Morgan fingerprint density at radius 1 is 1.12 bits per heavy atom. The van der Waals surface area contributed by atoms with Gasteiger partial charge in [-0.15, -0.1) is 0 Å². The van der Waals surface area contributed by atoms with E-state index in [1.165, 1.54) is 32.1 Å². The number of anilines is 1. The molecule has 3 rings (SSSR count). The molecule has 1 aromatic rings. The van der Waals surface area contributed by atoms with E-state index in [1.54, 1.807) is 0 Å². The van der Waals surface area contributed by atoms with Gasteiger partial charge in [-0.25, -0.2) is 0 Å². The van der Waals surface area contributed by atoms with Crippen molar-refractivity contribution in [2.75, 3.05) is 5.43 Å². The molecule has 0 saturated heterocycles. The third-order valence-corrected chi connectivity index (χ3v) is 3.92. The number of benzene rings is 1. The first-order valence-corrected chi connectivity index (χ1v) is 6.09. The summed E-state index contributed by atoms with van der Waals surface area (Å²) >= 11 is 0. The Hall–Kier alpha value is -1.38. The Balaban J connectivity index is 1.63. The maximum Gasteiger partial charge on any atom is 0.0840 e. The minimum absolute atomic E-state index is 0.187. The Bertz CT molecular complexity index is 377. The lowest BCUT2D eigenvalue weighted by Crippen LogP contribution is -2.18. The van der Waals surface area contributed by atoms with Gasteiger partial charge in [0.2, 0.25) is 0 Å². The number of nitrogens with zero attached hydrogens (tertiary/aromatic N) is 2. The number of nitrogens with one attached hydrogen (secondary N) is 1. The normalized spacial score (nSPS) is 32.4. The summed E-state index contributed by atoms with van der Waals surface area (Å²) in [6.45, 7) is 0. The molecule has 0 aliphatic heterocycles. The van der Waals surface area contributed by atoms with Crippen LogP contribution in [0.3, 0.4) is 0 Å². The van der Waals surface area contributed by atoms with Crippen molar-refractivity contribution in [3.05, 3.63) is 30.3 Å². The average Bonchev–Trinajstić information content (AvgIpc) is 2.91. The van der Waals surface area contributed by atoms with Crippen LogP contribution in [0.15, 0.2) is 40.7 Å². The van der Waals surface area contributed by atoms with Crippen LogP contribution in [0.25, 0.3) is 0 Å². The quantitative estimate of drug-likeness (QED) is 0.604. The predicted molar refractivity (Wildman–Crippen MR) is 64.2 cm³/mol. The second-order valence-corrected chi connectivity index (χ2v) is 5.05. The molecule has 3 nitrogen and oxygen atoms in total. The van der Waals surface area contributed by atoms with Crippen LogP contribution in [-0.4, -0.2) is 5.54 Å². The lowest BCUT2D eigenvalue weighted by atomic mass is 9.95. The molecule has 3 heteroatoms. The molecule has 0 atom stereocenters. The number of para-hydroxylation sites is 1. The van der Waals surface area contributed by atoms with Crippen LogP contribution in [-0.2, 0) is 0 Å². The topological polar surface area (TPSA) is 36.8 Å². The van der Waals surface area contributed by atoms with E-state index in [-0.39, 0.29) is 5.54 Å². The van der Waals surface area contributed by atoms with Crippen molar-refractivity contribution in [1.29, 1.82) is 0 Å². The molecule has 2 fully saturated rings. The van der Waals surface area contributed by atoms with Gasteiger partial charge in [0.05, 0.1) is 11.2 Å². The molecule has 0 aromatic heterocycles. The molecule has 0 unspecified atom stereocenters. The van der Waals surface area contributed by atoms with Crippen molar-refractivity contribution in [2.24, 2.45) is 16.3 Å². The first kappa shape index (κ1) is 9.82. The largest absolute Gasteiger partial charge is 0.260 e. The Labute approximate surface area is 95.9 Å². The summed E-state index contributed by atoms with van der Waals surface area (Å²) in [5.41, 5.74) is 4.20. The van der Waals surface area contributed by atoms with Crippen molar-refractivity contribution in [1.82, 2.24) is 0 Å². The highest BCUT2D eigenvalue weighted by Gasteiger charge is 2.45. The Morgan fingerprint density at radius 2 is 1.88 bits per heavy atom. The Kier molecular flexibility index (Phi) is 2.39. The van der Waals surface area contributed by atoms with Gasteiger partial charge in [-0.1, -0.05) is 23.4 Å². The fourth-order valence-corrected chi connectivity index (χ4v) is 3.00. The third-order valence-electron chi connectivity index (χ3n) is 3.92. The molecule has 2 bridgehead atoms. The first-order chi connectivity index (χ1) is 7.86. The maximum absolute atomic E-state index is 4.52. The minimum Gasteiger partial charge on any atom is -0.260 e. The average molecular weight is 215 g/mol. The second-order valence-electron chi connectivity index (χ2n) is 5.05. The van der Waals surface area contributed by atoms with Crippen molar-refractivity contribution < 1.29 is 0 Å². The SMILES string of the molecule is c1ccc(NN=NC23CCC(CC2)C3)cc1. The zero-order valence-corrected chi connectivity index (χ0v) is 9.39. The van der Waals surface area contributed by atoms with E-state index in [9.17, 15) is 0 Å². The third kappa shape index (κ3) is 1.82. The van der Waals surface area contributed by atoms with Crippen LogP contribution in [0.2, 0.25) is 0 Å². The van der Waals surface area contributed by atoms with Gasteiger partial charge in [0, 0.05) is 0 Å². The molecule has 0 amide bonds. The minimum atomic E-state index is 0.187. The molecular weight excluding hydrogens is 198 g/mol. The highest BCUT2D eigenvalue weighted by molar-refractivity contribution is 5.41. The zero-order chi connectivity index (χ0) is 10.8. The summed E-state index contributed by atoms with van der Waals surface area (Å²) in [6, 6.07) is 10.00. The van der Waals surface area contributed by atoms with Gasteiger partial charge in [0.1, 0.15) is 0 Å². The molecule has 84 valence electrons. The van der Waals surface area contributed by atoms with Gasteiger partial charge in [0.15, 0.2) is 0 Å². The Morgan fingerprint density at radius 3 is 2.50 bits per heavy atom. The van der Waals surface area contributed by atoms with Crippen LogP contribution < -0.4 is 5.43 Å². The number of fused-ring (bicyclic) bond motifs is 2. The van der Waals surface area contributed by atoms with E-state index in [2.05, 4.69) is 15.8 Å². The standard InChI is InChI=1S/C13H17N3/c1-2-4-12(5-3-1)14-16-15-13-8-6-11(10-13)7-9-13/h1-5,11H,6-10H2,(H,14,15). The number of hydrogen-bond donors (Lipinski definition) is 1. The lowest BCUT2D eigenvalue weighted by Gasteiger charge is -2.18. The van der Waals surface area contributed by atoms with E-state index in [0.717, 1.165) is 11.6 Å². The second kappa shape index (κ2) is 3.89. The number of hydrogen-bond acceptors (Lipinski definition) is 2. The molecule has 0 spiro atoms. The van der Waals surface area contributed by atoms with Gasteiger partial charge < -0.3 is 0 Å². The summed E-state index contributed by atoms with van der Waals surface area (Å²) in [6.07, 6.45) is 6.43. The van der Waals surface area contributed by atoms with E-state index in [0.29, 0.717) is 0 Å². The van der Waals surface area contributed by atoms with Crippen molar-refractivity contribution in [3.8, 4) is 0 Å². The molecule has 0 radical (unpaired) electrons. The molecule has 2 aliphatic carbocycles. The first-order valence-electron chi connectivity index (χ1n) is 6.09. The van der Waals surface area contributed by atoms with E-state index in [1.807, 2.05) is 30.3 Å². The van der Waals surface area contributed by atoms with Gasteiger partial charge in [0.25, 0.3) is 0 Å². The van der Waals surface area contributed by atoms with Crippen LogP contribution in [0.5, 0.6) is 0 Å². The summed E-state index contributed by atoms with van der Waals surface area (Å²) in [5, 5.41) is 8.69. The smallest absolute Gasteiger partial charge is 0.0840 e. The summed E-state index contributed by atoms with van der Waals surface area (Å²) < 4.78 is 0. The fourth-order valence-electron chi connectivity index (χ4n) is 3.00. The molecule has 1 N–H and O–H groups in total. The number of rotatable bonds is 3. The monoisotopic (exact) mass is 215 g/mol. The highest BCUT2D eigenvalue weighted by Crippen LogP contribution is 2.50. The maximum atomic E-state index is 4.52. The van der Waals surface area contributed by atoms with Gasteiger partial charge in [-0.05, 0) is 50.2 Å². The van der Waals surface area contributed by atoms with Gasteiger partial charge in [-0.3, -0.25) is 5.43 Å². The molecule has 2 aliphatic rings. The summed E-state index contributed by atoms with van der Waals surface area (Å²) in [4.78, 5) is 0. The zero-order valence-electron chi connectivity index (χ0n) is 9.39. The van der Waals surface area contributed by atoms with Crippen LogP contribution in [0.1, 0.15) is 32.1 Å². The molecule has 16 heavy (non-hydrogen) atoms. The summed E-state index contributed by atoms with van der Waals surface area (Å²) in [5.74, 6) is 0.927. The van der Waals surface area contributed by atoms with Crippen LogP contribution in [0, 0.1) is 5.92 Å². The fraction of sp³-hybridized carbons (Fsp3) is 0.538. The van der Waals surface area contributed by atoms with Crippen LogP contribution in [0.4, 0.5) is 5.69 Å². The van der Waals surface area contributed by atoms with Crippen molar-refractivity contribution >= 4 is 5.69 Å². The van der Waals surface area contributed by atoms with Gasteiger partial charge >= 0.3 is 0 Å². The predicted octanol–water partition coefficient (Wildman–Crippen LogP) is 3.80. The molecular formula is C13H17N3. The van der Waals surface area contributed by atoms with Crippen LogP contribution >= 0.6 is 0 Å². The molecule has 0 heterocycles. The lowest BCUT2D eigenvalue weighted by molar-refractivity contribution is 0.403. The van der Waals surface area contributed by atoms with Gasteiger partial charge in [-0.2, -0.15) is 5.11 Å². The molecule has 1 aromatic carbocycles. The van der Waals surface area contributed by atoms with Crippen molar-refractivity contribution in [2.45, 2.75) is 37.6 Å². The van der Waals surface area contributed by atoms with E-state index < -0.39 is 0 Å². The summed E-state index contributed by atoms with van der Waals surface area (Å²) in [7, 11) is 0. The molecule has 2 saturated carbocycles. The van der Waals surface area contributed by atoms with E-state index in [4.69, 9.17) is 0 Å². The van der Waals surface area contributed by atoms with E-state index >= 15 is 0 Å². The highest BCUT2D eigenvalue weighted by atomic mass is 15.4.